The number of nitrogens with one attached hydrogen (secondary N) is 2. The first-order chi connectivity index (χ1) is 10.8. The van der Waals surface area contributed by atoms with Crippen molar-refractivity contribution in [2.75, 3.05) is 11.9 Å². The minimum atomic E-state index is -0.488. The third-order valence-corrected chi connectivity index (χ3v) is 3.92. The summed E-state index contributed by atoms with van der Waals surface area (Å²) in [6.07, 6.45) is 3.93. The van der Waals surface area contributed by atoms with Crippen LogP contribution in [0, 0.1) is 0 Å². The molecule has 1 amide bonds. The summed E-state index contributed by atoms with van der Waals surface area (Å²) in [6.45, 7) is 6.50. The second-order valence-electron chi connectivity index (χ2n) is 7.30. The molecule has 0 heterocycles. The van der Waals surface area contributed by atoms with Crippen molar-refractivity contribution in [1.29, 1.82) is 0 Å². The summed E-state index contributed by atoms with van der Waals surface area (Å²) in [4.78, 5) is 11.7. The molecule has 5 nitrogen and oxygen atoms in total. The first-order valence-corrected chi connectivity index (χ1v) is 8.40. The van der Waals surface area contributed by atoms with Crippen molar-refractivity contribution in [2.24, 2.45) is 5.73 Å². The van der Waals surface area contributed by atoms with Crippen molar-refractivity contribution in [2.45, 2.75) is 64.1 Å². The van der Waals surface area contributed by atoms with Crippen LogP contribution in [0.15, 0.2) is 24.3 Å². The highest BCUT2D eigenvalue weighted by Crippen LogP contribution is 2.17. The second-order valence-corrected chi connectivity index (χ2v) is 7.30. The van der Waals surface area contributed by atoms with Crippen LogP contribution in [0.5, 0.6) is 0 Å². The molecule has 1 aromatic rings. The van der Waals surface area contributed by atoms with Gasteiger partial charge in [0, 0.05) is 17.8 Å². The summed E-state index contributed by atoms with van der Waals surface area (Å²) in [6, 6.07) is 8.82. The highest BCUT2D eigenvalue weighted by atomic mass is 16.6. The van der Waals surface area contributed by atoms with E-state index >= 15 is 0 Å². The predicted molar refractivity (Wildman–Crippen MR) is 93.6 cm³/mol. The van der Waals surface area contributed by atoms with Crippen molar-refractivity contribution in [3.8, 4) is 0 Å². The third-order valence-electron chi connectivity index (χ3n) is 3.92. The largest absolute Gasteiger partial charge is 0.444 e. The zero-order valence-corrected chi connectivity index (χ0v) is 14.4. The van der Waals surface area contributed by atoms with Gasteiger partial charge in [-0.3, -0.25) is 5.32 Å². The summed E-state index contributed by atoms with van der Waals surface area (Å²) in [5.74, 6) is 0. The molecule has 1 fully saturated rings. The van der Waals surface area contributed by atoms with E-state index in [9.17, 15) is 4.79 Å². The highest BCUT2D eigenvalue weighted by Gasteiger charge is 2.20. The van der Waals surface area contributed by atoms with Gasteiger partial charge in [0.05, 0.1) is 0 Å². The highest BCUT2D eigenvalue weighted by molar-refractivity contribution is 5.84. The molecule has 0 bridgehead atoms. The molecular weight excluding hydrogens is 290 g/mol. The third kappa shape index (κ3) is 6.59. The van der Waals surface area contributed by atoms with E-state index in [0.717, 1.165) is 31.5 Å². The molecule has 2 unspecified atom stereocenters. The average molecular weight is 319 g/mol. The Bertz CT molecular complexity index is 508. The zero-order valence-electron chi connectivity index (χ0n) is 14.4. The first-order valence-electron chi connectivity index (χ1n) is 8.40. The molecule has 0 saturated heterocycles. The van der Waals surface area contributed by atoms with E-state index < -0.39 is 11.7 Å². The zero-order chi connectivity index (χ0) is 16.9. The van der Waals surface area contributed by atoms with Gasteiger partial charge in [0.25, 0.3) is 0 Å². The van der Waals surface area contributed by atoms with Gasteiger partial charge in [-0.2, -0.15) is 0 Å². The number of hydrogen-bond acceptors (Lipinski definition) is 4. The molecule has 2 rings (SSSR count). The monoisotopic (exact) mass is 319 g/mol. The van der Waals surface area contributed by atoms with Crippen LogP contribution in [0.4, 0.5) is 10.5 Å². The van der Waals surface area contributed by atoms with Crippen LogP contribution >= 0.6 is 0 Å². The van der Waals surface area contributed by atoms with E-state index in [0.29, 0.717) is 12.1 Å². The molecule has 5 heteroatoms. The average Bonchev–Trinajstić information content (AvgIpc) is 2.84. The first kappa shape index (κ1) is 17.8. The van der Waals surface area contributed by atoms with Crippen molar-refractivity contribution >= 4 is 11.8 Å². The molecule has 0 aliphatic heterocycles. The van der Waals surface area contributed by atoms with Gasteiger partial charge >= 0.3 is 6.09 Å². The Kier molecular flexibility index (Phi) is 6.02. The van der Waals surface area contributed by atoms with Crippen LogP contribution in [-0.2, 0) is 11.2 Å². The molecule has 0 aromatic heterocycles. The van der Waals surface area contributed by atoms with Gasteiger partial charge in [-0.15, -0.1) is 0 Å². The molecule has 2 atom stereocenters. The molecule has 0 spiro atoms. The number of hydrogen-bond donors (Lipinski definition) is 3. The Morgan fingerprint density at radius 1 is 1.26 bits per heavy atom. The lowest BCUT2D eigenvalue weighted by atomic mass is 10.1. The van der Waals surface area contributed by atoms with Crippen LogP contribution in [0.1, 0.15) is 45.6 Å². The Hall–Kier alpha value is -1.59. The lowest BCUT2D eigenvalue weighted by Gasteiger charge is -2.19. The molecule has 1 aromatic carbocycles. The topological polar surface area (TPSA) is 76.4 Å². The number of benzene rings is 1. The number of ether oxygens (including phenoxy) is 1. The Labute approximate surface area is 139 Å². The fourth-order valence-electron chi connectivity index (χ4n) is 2.80. The predicted octanol–water partition coefficient (Wildman–Crippen LogP) is 3.05. The molecule has 1 aliphatic carbocycles. The number of amides is 1. The Morgan fingerprint density at radius 2 is 1.96 bits per heavy atom. The van der Waals surface area contributed by atoms with Gasteiger partial charge in [-0.1, -0.05) is 12.1 Å². The smallest absolute Gasteiger partial charge is 0.412 e. The second kappa shape index (κ2) is 7.79. The number of rotatable bonds is 5. The summed E-state index contributed by atoms with van der Waals surface area (Å²) >= 11 is 0. The molecule has 23 heavy (non-hydrogen) atoms. The quantitative estimate of drug-likeness (QED) is 0.779. The van der Waals surface area contributed by atoms with Gasteiger partial charge in [0.15, 0.2) is 0 Å². The number of anilines is 1. The maximum Gasteiger partial charge on any atom is 0.412 e. The molecule has 0 radical (unpaired) electrons. The molecule has 4 N–H and O–H groups in total. The number of nitrogens with two attached hydrogens (primary N) is 1. The fourth-order valence-corrected chi connectivity index (χ4v) is 2.80. The van der Waals surface area contributed by atoms with Crippen LogP contribution in [0.3, 0.4) is 0 Å². The Balaban J connectivity index is 1.72. The minimum absolute atomic E-state index is 0.366. The maximum absolute atomic E-state index is 11.7. The molecular formula is C18H29N3O2. The van der Waals surface area contributed by atoms with Crippen molar-refractivity contribution in [3.63, 3.8) is 0 Å². The van der Waals surface area contributed by atoms with E-state index in [-0.39, 0.29) is 0 Å². The number of carbonyl (C=O) groups excluding carboxylic acids is 1. The van der Waals surface area contributed by atoms with E-state index in [1.165, 1.54) is 12.0 Å². The van der Waals surface area contributed by atoms with Crippen molar-refractivity contribution < 1.29 is 9.53 Å². The van der Waals surface area contributed by atoms with Gasteiger partial charge in [0.1, 0.15) is 5.60 Å². The summed E-state index contributed by atoms with van der Waals surface area (Å²) in [7, 11) is 0. The van der Waals surface area contributed by atoms with Crippen molar-refractivity contribution in [3.05, 3.63) is 29.8 Å². The van der Waals surface area contributed by atoms with Crippen molar-refractivity contribution in [1.82, 2.24) is 5.32 Å². The maximum atomic E-state index is 11.7. The van der Waals surface area contributed by atoms with Crippen LogP contribution in [0.2, 0.25) is 0 Å². The number of carbonyl (C=O) groups is 1. The van der Waals surface area contributed by atoms with Gasteiger partial charge < -0.3 is 15.8 Å². The lowest BCUT2D eigenvalue weighted by molar-refractivity contribution is 0.0636. The summed E-state index contributed by atoms with van der Waals surface area (Å²) in [5, 5.41) is 6.30. The van der Waals surface area contributed by atoms with Gasteiger partial charge in [-0.05, 0) is 70.7 Å². The van der Waals surface area contributed by atoms with Crippen LogP contribution in [0.25, 0.3) is 0 Å². The Morgan fingerprint density at radius 3 is 2.52 bits per heavy atom. The van der Waals surface area contributed by atoms with E-state index in [4.69, 9.17) is 10.5 Å². The van der Waals surface area contributed by atoms with Crippen LogP contribution < -0.4 is 16.4 Å². The molecule has 1 aliphatic rings. The van der Waals surface area contributed by atoms with E-state index in [1.807, 2.05) is 45.0 Å². The standard InChI is InChI=1S/C18H29N3O2/c1-18(2,3)23-17(22)21-15-7-4-13(5-8-15)10-11-20-16-9-6-14(19)12-16/h4-5,7-8,14,16,20H,6,9-12,19H2,1-3H3,(H,21,22). The van der Waals surface area contributed by atoms with Gasteiger partial charge in [0.2, 0.25) is 0 Å². The van der Waals surface area contributed by atoms with E-state index in [2.05, 4.69) is 10.6 Å². The normalized spacial score (nSPS) is 21.2. The minimum Gasteiger partial charge on any atom is -0.444 e. The van der Waals surface area contributed by atoms with Crippen LogP contribution in [-0.4, -0.2) is 30.3 Å². The SMILES string of the molecule is CC(C)(C)OC(=O)Nc1ccc(CCNC2CCC(N)C2)cc1. The molecule has 1 saturated carbocycles. The molecule has 128 valence electrons. The lowest BCUT2D eigenvalue weighted by Crippen LogP contribution is -2.30. The fraction of sp³-hybridized carbons (Fsp3) is 0.611. The summed E-state index contributed by atoms with van der Waals surface area (Å²) < 4.78 is 5.23. The van der Waals surface area contributed by atoms with Gasteiger partial charge in [-0.25, -0.2) is 4.79 Å². The van der Waals surface area contributed by atoms with E-state index in [1.54, 1.807) is 0 Å². The summed E-state index contributed by atoms with van der Waals surface area (Å²) in [5.41, 5.74) is 7.42.